The van der Waals surface area contributed by atoms with Gasteiger partial charge in [-0.3, -0.25) is 9.78 Å². The van der Waals surface area contributed by atoms with Crippen molar-refractivity contribution in [2.75, 3.05) is 0 Å². The molecule has 5 heteroatoms. The van der Waals surface area contributed by atoms with Crippen LogP contribution in [0.4, 0.5) is 8.78 Å². The van der Waals surface area contributed by atoms with E-state index in [4.69, 9.17) is 0 Å². The number of aryl methyl sites for hydroxylation is 1. The minimum Gasteiger partial charge on any atom is -0.304 e. The average Bonchev–Trinajstić information content (AvgIpc) is 1.97. The van der Waals surface area contributed by atoms with Crippen LogP contribution in [0.15, 0.2) is 17.2 Å². The Kier molecular flexibility index (Phi) is 2.52. The normalized spacial score (nSPS) is 10.7. The number of halogens is 2. The van der Waals surface area contributed by atoms with Gasteiger partial charge in [0.05, 0.1) is 12.7 Å². The Labute approximate surface area is 67.7 Å². The fraction of sp³-hybridized carbons (Fsp3) is 0.429. The van der Waals surface area contributed by atoms with Crippen molar-refractivity contribution in [2.45, 2.75) is 19.9 Å². The minimum atomic E-state index is -2.51. The quantitative estimate of drug-likeness (QED) is 0.665. The van der Waals surface area contributed by atoms with E-state index in [1.807, 2.05) is 0 Å². The molecule has 66 valence electrons. The van der Waals surface area contributed by atoms with Crippen molar-refractivity contribution in [1.29, 1.82) is 0 Å². The average molecular weight is 174 g/mol. The van der Waals surface area contributed by atoms with Gasteiger partial charge in [-0.2, -0.15) is 0 Å². The van der Waals surface area contributed by atoms with Crippen molar-refractivity contribution < 1.29 is 8.78 Å². The van der Waals surface area contributed by atoms with Gasteiger partial charge in [0, 0.05) is 11.9 Å². The van der Waals surface area contributed by atoms with Gasteiger partial charge in [-0.05, 0) is 6.92 Å². The zero-order valence-corrected chi connectivity index (χ0v) is 6.50. The van der Waals surface area contributed by atoms with Crippen LogP contribution in [0.25, 0.3) is 0 Å². The zero-order chi connectivity index (χ0) is 9.14. The molecule has 0 fully saturated rings. The molecule has 0 spiro atoms. The van der Waals surface area contributed by atoms with Crippen LogP contribution in [0.1, 0.15) is 5.69 Å². The highest BCUT2D eigenvalue weighted by Crippen LogP contribution is 1.98. The van der Waals surface area contributed by atoms with E-state index in [9.17, 15) is 13.6 Å². The van der Waals surface area contributed by atoms with E-state index in [-0.39, 0.29) is 0 Å². The van der Waals surface area contributed by atoms with Crippen molar-refractivity contribution in [3.8, 4) is 0 Å². The molecule has 1 rings (SSSR count). The molecule has 1 aromatic heterocycles. The van der Waals surface area contributed by atoms with Gasteiger partial charge in [-0.15, -0.1) is 0 Å². The zero-order valence-electron chi connectivity index (χ0n) is 6.50. The molecule has 0 aromatic carbocycles. The van der Waals surface area contributed by atoms with Crippen LogP contribution in [0.3, 0.4) is 0 Å². The first-order valence-corrected chi connectivity index (χ1v) is 3.41. The van der Waals surface area contributed by atoms with Crippen LogP contribution in [0.2, 0.25) is 0 Å². The minimum absolute atomic E-state index is 0.447. The van der Waals surface area contributed by atoms with Gasteiger partial charge in [0.2, 0.25) is 0 Å². The van der Waals surface area contributed by atoms with Gasteiger partial charge in [-0.1, -0.05) is 0 Å². The van der Waals surface area contributed by atoms with Gasteiger partial charge in [0.15, 0.2) is 0 Å². The molecule has 0 unspecified atom stereocenters. The summed E-state index contributed by atoms with van der Waals surface area (Å²) >= 11 is 0. The third-order valence-electron chi connectivity index (χ3n) is 1.46. The summed E-state index contributed by atoms with van der Waals surface area (Å²) < 4.78 is 24.8. The second-order valence-electron chi connectivity index (χ2n) is 2.39. The molecular weight excluding hydrogens is 166 g/mol. The number of aromatic nitrogens is 2. The summed E-state index contributed by atoms with van der Waals surface area (Å²) in [5.41, 5.74) is -0.0434. The molecule has 0 saturated heterocycles. The Bertz CT molecular complexity index is 321. The molecule has 3 nitrogen and oxygen atoms in total. The maximum absolute atomic E-state index is 11.9. The molecule has 12 heavy (non-hydrogen) atoms. The number of hydrogen-bond acceptors (Lipinski definition) is 2. The van der Waals surface area contributed by atoms with Gasteiger partial charge in [-0.25, -0.2) is 8.78 Å². The lowest BCUT2D eigenvalue weighted by atomic mass is 10.4. The Hall–Kier alpha value is -1.26. The van der Waals surface area contributed by atoms with Crippen molar-refractivity contribution in [3.63, 3.8) is 0 Å². The van der Waals surface area contributed by atoms with E-state index in [0.29, 0.717) is 5.69 Å². The fourth-order valence-corrected chi connectivity index (χ4v) is 0.894. The molecule has 0 atom stereocenters. The third-order valence-corrected chi connectivity index (χ3v) is 1.46. The number of alkyl halides is 2. The second-order valence-corrected chi connectivity index (χ2v) is 2.39. The van der Waals surface area contributed by atoms with Crippen LogP contribution in [-0.2, 0) is 6.54 Å². The molecule has 1 aromatic rings. The van der Waals surface area contributed by atoms with Crippen molar-refractivity contribution in [2.24, 2.45) is 0 Å². The molecule has 0 aliphatic rings. The van der Waals surface area contributed by atoms with Crippen LogP contribution in [0.5, 0.6) is 0 Å². The smallest absolute Gasteiger partial charge is 0.269 e. The first kappa shape index (κ1) is 8.83. The molecule has 0 N–H and O–H groups in total. The summed E-state index contributed by atoms with van der Waals surface area (Å²) in [6.07, 6.45) is -0.108. The number of rotatable bonds is 2. The highest BCUT2D eigenvalue weighted by Gasteiger charge is 2.06. The van der Waals surface area contributed by atoms with Gasteiger partial charge < -0.3 is 4.57 Å². The van der Waals surface area contributed by atoms with E-state index in [2.05, 4.69) is 4.98 Å². The molecule has 0 saturated carbocycles. The molecule has 1 heterocycles. The maximum atomic E-state index is 11.9. The number of nitrogens with zero attached hydrogens (tertiary/aromatic N) is 2. The summed E-state index contributed by atoms with van der Waals surface area (Å²) in [6.45, 7) is 1.00. The largest absolute Gasteiger partial charge is 0.304 e. The Morgan fingerprint density at radius 1 is 1.58 bits per heavy atom. The van der Waals surface area contributed by atoms with E-state index in [1.54, 1.807) is 6.92 Å². The molecule has 0 aliphatic heterocycles. The Balaban J connectivity index is 3.05. The lowest BCUT2D eigenvalue weighted by molar-refractivity contribution is 0.124. The summed E-state index contributed by atoms with van der Waals surface area (Å²) in [5, 5.41) is 0. The summed E-state index contributed by atoms with van der Waals surface area (Å²) in [7, 11) is 0. The molecule has 0 bridgehead atoms. The van der Waals surface area contributed by atoms with E-state index in [1.165, 1.54) is 6.20 Å². The van der Waals surface area contributed by atoms with Crippen LogP contribution in [0, 0.1) is 6.92 Å². The summed E-state index contributed by atoms with van der Waals surface area (Å²) in [4.78, 5) is 14.5. The SMILES string of the molecule is Cc1cncc(=O)n1CC(F)F. The molecule has 0 aliphatic carbocycles. The molecule has 0 amide bonds. The topological polar surface area (TPSA) is 34.9 Å². The highest BCUT2D eigenvalue weighted by atomic mass is 19.3. The third kappa shape index (κ3) is 1.87. The number of hydrogen-bond donors (Lipinski definition) is 0. The molecular formula is C7H8F2N2O. The van der Waals surface area contributed by atoms with Crippen LogP contribution in [-0.4, -0.2) is 16.0 Å². The highest BCUT2D eigenvalue weighted by molar-refractivity contribution is 4.95. The predicted molar refractivity (Wildman–Crippen MR) is 39.2 cm³/mol. The van der Waals surface area contributed by atoms with Crippen LogP contribution < -0.4 is 5.56 Å². The standard InChI is InChI=1S/C7H8F2N2O/c1-5-2-10-3-7(12)11(5)4-6(8)9/h2-3,6H,4H2,1H3. The van der Waals surface area contributed by atoms with Crippen molar-refractivity contribution in [1.82, 2.24) is 9.55 Å². The second kappa shape index (κ2) is 3.42. The van der Waals surface area contributed by atoms with E-state index < -0.39 is 18.5 Å². The fourth-order valence-electron chi connectivity index (χ4n) is 0.894. The first-order valence-electron chi connectivity index (χ1n) is 3.41. The molecule has 0 radical (unpaired) electrons. The first-order chi connectivity index (χ1) is 5.61. The van der Waals surface area contributed by atoms with Gasteiger partial charge in [0.25, 0.3) is 12.0 Å². The van der Waals surface area contributed by atoms with Crippen molar-refractivity contribution in [3.05, 3.63) is 28.4 Å². The Morgan fingerprint density at radius 3 is 2.75 bits per heavy atom. The van der Waals surface area contributed by atoms with E-state index in [0.717, 1.165) is 10.8 Å². The lowest BCUT2D eigenvalue weighted by Gasteiger charge is -2.06. The van der Waals surface area contributed by atoms with Gasteiger partial charge >= 0.3 is 0 Å². The summed E-state index contributed by atoms with van der Waals surface area (Å²) in [5.74, 6) is 0. The summed E-state index contributed by atoms with van der Waals surface area (Å²) in [6, 6.07) is 0. The maximum Gasteiger partial charge on any atom is 0.269 e. The Morgan fingerprint density at radius 2 is 2.25 bits per heavy atom. The monoisotopic (exact) mass is 174 g/mol. The van der Waals surface area contributed by atoms with E-state index >= 15 is 0 Å². The van der Waals surface area contributed by atoms with Gasteiger partial charge in [0.1, 0.15) is 0 Å². The van der Waals surface area contributed by atoms with Crippen LogP contribution >= 0.6 is 0 Å². The lowest BCUT2D eigenvalue weighted by Crippen LogP contribution is -2.24. The van der Waals surface area contributed by atoms with Crippen molar-refractivity contribution >= 4 is 0 Å². The predicted octanol–water partition coefficient (Wildman–Crippen LogP) is 0.817.